The van der Waals surface area contributed by atoms with Crippen LogP contribution in [0.2, 0.25) is 0 Å². The summed E-state index contributed by atoms with van der Waals surface area (Å²) in [6.07, 6.45) is 9.10. The summed E-state index contributed by atoms with van der Waals surface area (Å²) >= 11 is 0. The third kappa shape index (κ3) is 7.40. The van der Waals surface area contributed by atoms with Gasteiger partial charge in [-0.25, -0.2) is 0 Å². The maximum absolute atomic E-state index is 5.31. The highest BCUT2D eigenvalue weighted by atomic mass is 127. The third-order valence-corrected chi connectivity index (χ3v) is 6.51. The molecule has 1 aliphatic heterocycles. The van der Waals surface area contributed by atoms with Gasteiger partial charge in [0.2, 0.25) is 0 Å². The molecule has 0 unspecified atom stereocenters. The van der Waals surface area contributed by atoms with Crippen LogP contribution in [0.4, 0.5) is 0 Å². The number of aliphatic imine (C=N–C) groups is 1. The second-order valence-corrected chi connectivity index (χ2v) is 8.48. The van der Waals surface area contributed by atoms with Crippen molar-refractivity contribution < 1.29 is 4.74 Å². The van der Waals surface area contributed by atoms with Gasteiger partial charge >= 0.3 is 0 Å². The van der Waals surface area contributed by atoms with Crippen molar-refractivity contribution in [3.63, 3.8) is 0 Å². The van der Waals surface area contributed by atoms with E-state index in [1.807, 2.05) is 7.05 Å². The molecule has 0 atom stereocenters. The standard InChI is InChI=1S/C23H38N4O.HI/c1-24-22(26-19-23(11-8-12-23)13-16-28-2)25-17-20-9-4-5-10-21(20)18-27-14-6-3-7-15-27;/h4-5,9-10H,3,6-8,11-19H2,1-2H3,(H2,24,25,26);1H. The van der Waals surface area contributed by atoms with E-state index in [4.69, 9.17) is 4.74 Å². The lowest BCUT2D eigenvalue weighted by Gasteiger charge is -2.42. The largest absolute Gasteiger partial charge is 0.385 e. The smallest absolute Gasteiger partial charge is 0.191 e. The van der Waals surface area contributed by atoms with Crippen LogP contribution in [0.25, 0.3) is 0 Å². The van der Waals surface area contributed by atoms with Crippen molar-refractivity contribution in [1.82, 2.24) is 15.5 Å². The average Bonchev–Trinajstić information content (AvgIpc) is 2.71. The van der Waals surface area contributed by atoms with Gasteiger partial charge in [0.25, 0.3) is 0 Å². The lowest BCUT2D eigenvalue weighted by molar-refractivity contribution is 0.0732. The quantitative estimate of drug-likeness (QED) is 0.295. The summed E-state index contributed by atoms with van der Waals surface area (Å²) in [5, 5.41) is 7.09. The predicted molar refractivity (Wildman–Crippen MR) is 132 cm³/mol. The van der Waals surface area contributed by atoms with Gasteiger partial charge < -0.3 is 15.4 Å². The van der Waals surface area contributed by atoms with E-state index in [-0.39, 0.29) is 24.0 Å². The average molecular weight is 514 g/mol. The Morgan fingerprint density at radius 2 is 1.79 bits per heavy atom. The van der Waals surface area contributed by atoms with Crippen LogP contribution >= 0.6 is 24.0 Å². The Morgan fingerprint density at radius 1 is 1.07 bits per heavy atom. The molecule has 2 N–H and O–H groups in total. The fourth-order valence-corrected chi connectivity index (χ4v) is 4.42. The minimum Gasteiger partial charge on any atom is -0.385 e. The lowest BCUT2D eigenvalue weighted by Crippen LogP contribution is -2.46. The van der Waals surface area contributed by atoms with E-state index < -0.39 is 0 Å². The first kappa shape index (κ1) is 24.4. The summed E-state index contributed by atoms with van der Waals surface area (Å²) in [4.78, 5) is 7.03. The van der Waals surface area contributed by atoms with Crippen molar-refractivity contribution in [2.45, 2.75) is 58.0 Å². The molecule has 3 rings (SSSR count). The van der Waals surface area contributed by atoms with Gasteiger partial charge in [-0.3, -0.25) is 9.89 Å². The van der Waals surface area contributed by atoms with Crippen LogP contribution < -0.4 is 10.6 Å². The normalized spacial score (nSPS) is 19.2. The van der Waals surface area contributed by atoms with Gasteiger partial charge in [0, 0.05) is 40.4 Å². The number of piperidine rings is 1. The fourth-order valence-electron chi connectivity index (χ4n) is 4.42. The van der Waals surface area contributed by atoms with E-state index >= 15 is 0 Å². The van der Waals surface area contributed by atoms with Gasteiger partial charge in [-0.15, -0.1) is 24.0 Å². The van der Waals surface area contributed by atoms with Crippen molar-refractivity contribution in [2.75, 3.05) is 40.4 Å². The zero-order valence-corrected chi connectivity index (χ0v) is 20.5. The molecule has 1 aliphatic carbocycles. The zero-order chi connectivity index (χ0) is 19.7. The van der Waals surface area contributed by atoms with Crippen molar-refractivity contribution >= 4 is 29.9 Å². The molecule has 1 aromatic carbocycles. The molecule has 29 heavy (non-hydrogen) atoms. The van der Waals surface area contributed by atoms with Crippen LogP contribution in [0.15, 0.2) is 29.3 Å². The van der Waals surface area contributed by atoms with E-state index in [0.717, 1.165) is 38.6 Å². The summed E-state index contributed by atoms with van der Waals surface area (Å²) in [6.45, 7) is 6.16. The summed E-state index contributed by atoms with van der Waals surface area (Å²) in [5.74, 6) is 0.900. The Hall–Kier alpha value is -0.860. The van der Waals surface area contributed by atoms with Crippen molar-refractivity contribution in [3.8, 4) is 0 Å². The maximum Gasteiger partial charge on any atom is 0.191 e. The Labute approximate surface area is 194 Å². The van der Waals surface area contributed by atoms with Gasteiger partial charge in [-0.1, -0.05) is 37.1 Å². The Bertz CT molecular complexity index is 627. The molecule has 1 heterocycles. The molecule has 6 heteroatoms. The van der Waals surface area contributed by atoms with Crippen LogP contribution in [0, 0.1) is 5.41 Å². The monoisotopic (exact) mass is 514 g/mol. The van der Waals surface area contributed by atoms with E-state index in [2.05, 4.69) is 44.8 Å². The maximum atomic E-state index is 5.31. The van der Waals surface area contributed by atoms with Crippen LogP contribution in [-0.2, 0) is 17.8 Å². The number of guanidine groups is 1. The highest BCUT2D eigenvalue weighted by molar-refractivity contribution is 14.0. The van der Waals surface area contributed by atoms with Gasteiger partial charge in [0.05, 0.1) is 0 Å². The van der Waals surface area contributed by atoms with Crippen molar-refractivity contribution in [3.05, 3.63) is 35.4 Å². The first-order valence-electron chi connectivity index (χ1n) is 11.0. The highest BCUT2D eigenvalue weighted by Gasteiger charge is 2.36. The molecule has 1 aromatic rings. The number of methoxy groups -OCH3 is 1. The second-order valence-electron chi connectivity index (χ2n) is 8.48. The number of nitrogens with one attached hydrogen (secondary N) is 2. The molecule has 0 spiro atoms. The Balaban J connectivity index is 0.00000300. The van der Waals surface area contributed by atoms with Gasteiger partial charge in [-0.2, -0.15) is 0 Å². The molecule has 0 radical (unpaired) electrons. The molecular weight excluding hydrogens is 475 g/mol. The number of nitrogens with zero attached hydrogens (tertiary/aromatic N) is 2. The molecule has 5 nitrogen and oxygen atoms in total. The predicted octanol–water partition coefficient (Wildman–Crippen LogP) is 4.16. The van der Waals surface area contributed by atoms with Gasteiger partial charge in [0.1, 0.15) is 0 Å². The molecule has 0 amide bonds. The summed E-state index contributed by atoms with van der Waals surface area (Å²) in [7, 11) is 3.65. The van der Waals surface area contributed by atoms with Crippen molar-refractivity contribution in [1.29, 1.82) is 0 Å². The van der Waals surface area contributed by atoms with E-state index in [0.29, 0.717) is 5.41 Å². The molecule has 1 saturated heterocycles. The van der Waals surface area contributed by atoms with Crippen molar-refractivity contribution in [2.24, 2.45) is 10.4 Å². The fraction of sp³-hybridized carbons (Fsp3) is 0.696. The number of hydrogen-bond acceptors (Lipinski definition) is 3. The summed E-state index contributed by atoms with van der Waals surface area (Å²) < 4.78 is 5.31. The Morgan fingerprint density at radius 3 is 2.41 bits per heavy atom. The summed E-state index contributed by atoms with van der Waals surface area (Å²) in [5.41, 5.74) is 3.19. The molecule has 164 valence electrons. The van der Waals surface area contributed by atoms with E-state index in [9.17, 15) is 0 Å². The highest BCUT2D eigenvalue weighted by Crippen LogP contribution is 2.43. The number of hydrogen-bond donors (Lipinski definition) is 2. The van der Waals surface area contributed by atoms with E-state index in [1.165, 1.54) is 62.7 Å². The topological polar surface area (TPSA) is 48.9 Å². The van der Waals surface area contributed by atoms with Crippen LogP contribution in [-0.4, -0.2) is 51.3 Å². The molecule has 1 saturated carbocycles. The summed E-state index contributed by atoms with van der Waals surface area (Å²) in [6, 6.07) is 8.81. The van der Waals surface area contributed by atoms with Gasteiger partial charge in [-0.05, 0) is 61.7 Å². The van der Waals surface area contributed by atoms with Crippen LogP contribution in [0.5, 0.6) is 0 Å². The number of ether oxygens (including phenoxy) is 1. The molecule has 2 aliphatic rings. The lowest BCUT2D eigenvalue weighted by atomic mass is 9.67. The SMILES string of the molecule is CN=C(NCc1ccccc1CN1CCCCC1)NCC1(CCOC)CCC1.I. The number of rotatable bonds is 9. The third-order valence-electron chi connectivity index (χ3n) is 6.51. The number of halogens is 1. The van der Waals surface area contributed by atoms with Gasteiger partial charge in [0.15, 0.2) is 5.96 Å². The first-order valence-corrected chi connectivity index (χ1v) is 11.0. The first-order chi connectivity index (χ1) is 13.7. The van der Waals surface area contributed by atoms with E-state index in [1.54, 1.807) is 7.11 Å². The Kier molecular flexibility index (Phi) is 10.7. The van der Waals surface area contributed by atoms with Crippen LogP contribution in [0.1, 0.15) is 56.1 Å². The zero-order valence-electron chi connectivity index (χ0n) is 18.2. The van der Waals surface area contributed by atoms with Crippen LogP contribution in [0.3, 0.4) is 0 Å². The molecule has 0 aromatic heterocycles. The second kappa shape index (κ2) is 12.7. The minimum atomic E-state index is 0. The molecular formula is C23H39IN4O. The number of benzene rings is 1. The number of likely N-dealkylation sites (tertiary alicyclic amines) is 1. The minimum absolute atomic E-state index is 0. The molecule has 2 fully saturated rings. The molecule has 0 bridgehead atoms.